The minimum Gasteiger partial charge on any atom is -0.478 e. The molecule has 0 atom stereocenters. The van der Waals surface area contributed by atoms with Crippen LogP contribution < -0.4 is 10.0 Å². The van der Waals surface area contributed by atoms with Gasteiger partial charge in [0, 0.05) is 12.2 Å². The van der Waals surface area contributed by atoms with E-state index in [1.54, 1.807) is 0 Å². The van der Waals surface area contributed by atoms with E-state index in [1.165, 1.54) is 19.2 Å². The lowest BCUT2D eigenvalue weighted by molar-refractivity contribution is 0.0696. The summed E-state index contributed by atoms with van der Waals surface area (Å²) in [6, 6.07) is 2.91. The lowest BCUT2D eigenvalue weighted by Gasteiger charge is -2.11. The Morgan fingerprint density at radius 1 is 1.40 bits per heavy atom. The number of hydrogen-bond donors (Lipinski definition) is 3. The van der Waals surface area contributed by atoms with Gasteiger partial charge in [-0.1, -0.05) is 13.8 Å². The molecule has 8 heteroatoms. The number of carboxylic acid groups (broad SMARTS) is 1. The summed E-state index contributed by atoms with van der Waals surface area (Å²) in [5.74, 6) is -0.713. The molecule has 0 aromatic carbocycles. The van der Waals surface area contributed by atoms with Gasteiger partial charge in [-0.15, -0.1) is 0 Å². The van der Waals surface area contributed by atoms with Crippen LogP contribution in [0.4, 0.5) is 5.82 Å². The third kappa shape index (κ3) is 4.78. The van der Waals surface area contributed by atoms with Gasteiger partial charge in [0.2, 0.25) is 10.0 Å². The van der Waals surface area contributed by atoms with Crippen molar-refractivity contribution in [2.24, 2.45) is 0 Å². The molecule has 112 valence electrons. The van der Waals surface area contributed by atoms with E-state index in [9.17, 15) is 13.2 Å². The molecule has 7 nitrogen and oxygen atoms in total. The van der Waals surface area contributed by atoms with Crippen LogP contribution in [0, 0.1) is 0 Å². The average molecular weight is 301 g/mol. The van der Waals surface area contributed by atoms with Gasteiger partial charge in [0.25, 0.3) is 0 Å². The van der Waals surface area contributed by atoms with Crippen molar-refractivity contribution in [3.05, 3.63) is 23.4 Å². The maximum atomic E-state index is 11.3. The Hall–Kier alpha value is -1.67. The summed E-state index contributed by atoms with van der Waals surface area (Å²) in [4.78, 5) is 15.3. The van der Waals surface area contributed by atoms with E-state index in [-0.39, 0.29) is 23.8 Å². The van der Waals surface area contributed by atoms with E-state index < -0.39 is 16.0 Å². The van der Waals surface area contributed by atoms with Crippen molar-refractivity contribution >= 4 is 21.8 Å². The summed E-state index contributed by atoms with van der Waals surface area (Å²) in [7, 11) is -1.96. The highest BCUT2D eigenvalue weighted by atomic mass is 32.2. The van der Waals surface area contributed by atoms with Crippen molar-refractivity contribution < 1.29 is 18.3 Å². The average Bonchev–Trinajstić information content (AvgIpc) is 2.38. The fourth-order valence-electron chi connectivity index (χ4n) is 1.48. The number of carbonyl (C=O) groups is 1. The predicted octanol–water partition coefficient (Wildman–Crippen LogP) is 0.864. The Morgan fingerprint density at radius 3 is 2.55 bits per heavy atom. The van der Waals surface area contributed by atoms with Crippen molar-refractivity contribution in [1.82, 2.24) is 9.71 Å². The first-order chi connectivity index (χ1) is 9.25. The normalized spacial score (nSPS) is 11.6. The number of pyridine rings is 1. The fraction of sp³-hybridized carbons (Fsp3) is 0.500. The zero-order valence-electron chi connectivity index (χ0n) is 11.7. The summed E-state index contributed by atoms with van der Waals surface area (Å²) in [5.41, 5.74) is 0.770. The van der Waals surface area contributed by atoms with Crippen LogP contribution in [0.15, 0.2) is 12.1 Å². The van der Waals surface area contributed by atoms with Crippen LogP contribution in [0.3, 0.4) is 0 Å². The molecule has 0 aliphatic carbocycles. The Kier molecular flexibility index (Phi) is 5.46. The quantitative estimate of drug-likeness (QED) is 0.689. The Labute approximate surface area is 118 Å². The van der Waals surface area contributed by atoms with Crippen molar-refractivity contribution in [1.29, 1.82) is 0 Å². The molecule has 0 fully saturated rings. The van der Waals surface area contributed by atoms with Crippen LogP contribution in [0.25, 0.3) is 0 Å². The molecule has 0 radical (unpaired) electrons. The molecule has 0 saturated heterocycles. The maximum Gasteiger partial charge on any atom is 0.335 e. The van der Waals surface area contributed by atoms with Crippen LogP contribution in [-0.2, 0) is 10.0 Å². The van der Waals surface area contributed by atoms with Crippen molar-refractivity contribution in [2.75, 3.05) is 24.7 Å². The van der Waals surface area contributed by atoms with Crippen LogP contribution >= 0.6 is 0 Å². The van der Waals surface area contributed by atoms with Gasteiger partial charge in [-0.05, 0) is 25.1 Å². The SMILES string of the molecule is CNS(=O)(=O)CCNc1cc(C(=O)O)cc(C(C)C)n1. The molecule has 0 amide bonds. The van der Waals surface area contributed by atoms with E-state index in [1.807, 2.05) is 13.8 Å². The van der Waals surface area contributed by atoms with Gasteiger partial charge in [-0.2, -0.15) is 0 Å². The number of nitrogens with zero attached hydrogens (tertiary/aromatic N) is 1. The Balaban J connectivity index is 2.87. The number of sulfonamides is 1. The Bertz CT molecular complexity index is 584. The first-order valence-electron chi connectivity index (χ1n) is 6.15. The summed E-state index contributed by atoms with van der Waals surface area (Å²) in [5, 5.41) is 11.9. The number of hydrogen-bond acceptors (Lipinski definition) is 5. The van der Waals surface area contributed by atoms with Gasteiger partial charge in [-0.25, -0.2) is 22.9 Å². The third-order valence-electron chi connectivity index (χ3n) is 2.67. The third-order valence-corrected chi connectivity index (χ3v) is 4.04. The van der Waals surface area contributed by atoms with Gasteiger partial charge >= 0.3 is 5.97 Å². The second kappa shape index (κ2) is 6.67. The standard InChI is InChI=1S/C12H19N3O4S/c1-8(2)10-6-9(12(16)17)7-11(15-10)14-4-5-20(18,19)13-3/h6-8,13H,4-5H2,1-3H3,(H,14,15)(H,16,17). The van der Waals surface area contributed by atoms with E-state index in [4.69, 9.17) is 5.11 Å². The number of anilines is 1. The van der Waals surface area contributed by atoms with Crippen LogP contribution in [0.5, 0.6) is 0 Å². The van der Waals surface area contributed by atoms with Gasteiger partial charge in [0.1, 0.15) is 5.82 Å². The summed E-state index contributed by atoms with van der Waals surface area (Å²) >= 11 is 0. The first kappa shape index (κ1) is 16.4. The molecule has 1 heterocycles. The molecular weight excluding hydrogens is 282 g/mol. The second-order valence-corrected chi connectivity index (χ2v) is 6.62. The lowest BCUT2D eigenvalue weighted by Crippen LogP contribution is -2.26. The van der Waals surface area contributed by atoms with Crippen LogP contribution in [-0.4, -0.2) is 43.8 Å². The highest BCUT2D eigenvalue weighted by Gasteiger charge is 2.11. The minimum absolute atomic E-state index is 0.0795. The topological polar surface area (TPSA) is 108 Å². The highest BCUT2D eigenvalue weighted by Crippen LogP contribution is 2.17. The van der Waals surface area contributed by atoms with Gasteiger partial charge < -0.3 is 10.4 Å². The molecule has 0 spiro atoms. The zero-order chi connectivity index (χ0) is 15.3. The summed E-state index contributed by atoms with van der Waals surface area (Å²) in [6.45, 7) is 3.96. The molecule has 1 rings (SSSR count). The lowest BCUT2D eigenvalue weighted by atomic mass is 10.1. The number of aromatic nitrogens is 1. The van der Waals surface area contributed by atoms with Crippen LogP contribution in [0.2, 0.25) is 0 Å². The molecular formula is C12H19N3O4S. The largest absolute Gasteiger partial charge is 0.478 e. The van der Waals surface area contributed by atoms with E-state index in [0.717, 1.165) is 0 Å². The zero-order valence-corrected chi connectivity index (χ0v) is 12.5. The number of aromatic carboxylic acids is 1. The summed E-state index contributed by atoms with van der Waals surface area (Å²) < 4.78 is 24.8. The molecule has 0 unspecified atom stereocenters. The molecule has 1 aromatic heterocycles. The smallest absolute Gasteiger partial charge is 0.335 e. The van der Waals surface area contributed by atoms with E-state index in [0.29, 0.717) is 11.5 Å². The molecule has 0 aliphatic heterocycles. The maximum absolute atomic E-state index is 11.3. The van der Waals surface area contributed by atoms with E-state index >= 15 is 0 Å². The second-order valence-electron chi connectivity index (χ2n) is 4.58. The molecule has 0 aliphatic rings. The van der Waals surface area contributed by atoms with Crippen molar-refractivity contribution in [3.63, 3.8) is 0 Å². The fourth-order valence-corrected chi connectivity index (χ4v) is 2.05. The summed E-state index contributed by atoms with van der Waals surface area (Å²) in [6.07, 6.45) is 0. The molecule has 1 aromatic rings. The molecule has 3 N–H and O–H groups in total. The minimum atomic E-state index is -3.30. The predicted molar refractivity (Wildman–Crippen MR) is 76.6 cm³/mol. The van der Waals surface area contributed by atoms with E-state index in [2.05, 4.69) is 15.0 Å². The van der Waals surface area contributed by atoms with Gasteiger partial charge in [-0.3, -0.25) is 0 Å². The van der Waals surface area contributed by atoms with Crippen molar-refractivity contribution in [2.45, 2.75) is 19.8 Å². The van der Waals surface area contributed by atoms with Crippen LogP contribution in [0.1, 0.15) is 35.8 Å². The number of carboxylic acids is 1. The number of rotatable bonds is 7. The van der Waals surface area contributed by atoms with Gasteiger partial charge in [0.05, 0.1) is 11.3 Å². The molecule has 0 bridgehead atoms. The monoisotopic (exact) mass is 301 g/mol. The first-order valence-corrected chi connectivity index (χ1v) is 7.80. The van der Waals surface area contributed by atoms with Gasteiger partial charge in [0.15, 0.2) is 0 Å². The molecule has 0 saturated carbocycles. The van der Waals surface area contributed by atoms with Crippen molar-refractivity contribution in [3.8, 4) is 0 Å². The molecule has 20 heavy (non-hydrogen) atoms. The Morgan fingerprint density at radius 2 is 2.05 bits per heavy atom. The highest BCUT2D eigenvalue weighted by molar-refractivity contribution is 7.89. The number of nitrogens with one attached hydrogen (secondary N) is 2.